The summed E-state index contributed by atoms with van der Waals surface area (Å²) in [5.74, 6) is -0.157. The van der Waals surface area contributed by atoms with Gasteiger partial charge in [-0.05, 0) is 18.6 Å². The summed E-state index contributed by atoms with van der Waals surface area (Å²) in [4.78, 5) is 15.6. The minimum Gasteiger partial charge on any atom is -0.352 e. The lowest BCUT2D eigenvalue weighted by Gasteiger charge is -2.04. The van der Waals surface area contributed by atoms with E-state index in [1.165, 1.54) is 0 Å². The average molecular weight is 218 g/mol. The quantitative estimate of drug-likeness (QED) is 0.707. The van der Waals surface area contributed by atoms with Crippen LogP contribution in [0.4, 0.5) is 0 Å². The van der Waals surface area contributed by atoms with Crippen LogP contribution in [0.15, 0.2) is 18.3 Å². The first kappa shape index (κ1) is 12.1. The van der Waals surface area contributed by atoms with Crippen molar-refractivity contribution in [1.82, 2.24) is 10.3 Å². The monoisotopic (exact) mass is 218 g/mol. The Balaban J connectivity index is 2.49. The van der Waals surface area contributed by atoms with E-state index in [4.69, 9.17) is 11.0 Å². The third-order valence-corrected chi connectivity index (χ3v) is 2.04. The first-order valence-corrected chi connectivity index (χ1v) is 5.08. The van der Waals surface area contributed by atoms with Crippen LogP contribution in [-0.4, -0.2) is 17.4 Å². The Kier molecular flexibility index (Phi) is 4.96. The number of aromatic nitrogens is 1. The Hall–Kier alpha value is -1.93. The Labute approximate surface area is 94.3 Å². The van der Waals surface area contributed by atoms with Gasteiger partial charge in [-0.1, -0.05) is 0 Å². The Morgan fingerprint density at radius 2 is 2.44 bits per heavy atom. The van der Waals surface area contributed by atoms with Crippen molar-refractivity contribution >= 4 is 5.91 Å². The number of carbonyl (C=O) groups is 1. The molecule has 1 amide bonds. The second-order valence-corrected chi connectivity index (χ2v) is 3.26. The molecule has 0 atom stereocenters. The lowest BCUT2D eigenvalue weighted by atomic mass is 10.2. The summed E-state index contributed by atoms with van der Waals surface area (Å²) >= 11 is 0. The molecule has 5 heteroatoms. The van der Waals surface area contributed by atoms with Gasteiger partial charge < -0.3 is 11.1 Å². The van der Waals surface area contributed by atoms with Crippen molar-refractivity contribution < 1.29 is 4.79 Å². The molecular weight excluding hydrogens is 204 g/mol. The first-order chi connectivity index (χ1) is 7.77. The molecule has 0 saturated heterocycles. The van der Waals surface area contributed by atoms with E-state index in [1.807, 2.05) is 6.07 Å². The number of hydrogen-bond acceptors (Lipinski definition) is 4. The first-order valence-electron chi connectivity index (χ1n) is 5.08. The molecule has 0 spiro atoms. The molecule has 1 rings (SSSR count). The van der Waals surface area contributed by atoms with Crippen molar-refractivity contribution in [3.05, 3.63) is 29.6 Å². The van der Waals surface area contributed by atoms with Crippen molar-refractivity contribution in [2.24, 2.45) is 5.73 Å². The molecule has 0 aliphatic carbocycles. The van der Waals surface area contributed by atoms with Crippen molar-refractivity contribution in [3.8, 4) is 6.07 Å². The van der Waals surface area contributed by atoms with Gasteiger partial charge in [-0.25, -0.2) is 0 Å². The van der Waals surface area contributed by atoms with Crippen LogP contribution >= 0.6 is 0 Å². The maximum atomic E-state index is 11.6. The highest BCUT2D eigenvalue weighted by atomic mass is 16.1. The van der Waals surface area contributed by atoms with E-state index in [2.05, 4.69) is 10.3 Å². The number of unbranched alkanes of at least 4 members (excludes halogenated alkanes) is 1. The number of pyridine rings is 1. The molecule has 1 aromatic heterocycles. The van der Waals surface area contributed by atoms with Crippen LogP contribution in [-0.2, 0) is 6.54 Å². The zero-order valence-electron chi connectivity index (χ0n) is 8.94. The molecule has 0 bridgehead atoms. The summed E-state index contributed by atoms with van der Waals surface area (Å²) in [6.45, 7) is 0.822. The van der Waals surface area contributed by atoms with E-state index in [9.17, 15) is 4.79 Å². The molecule has 0 aliphatic heterocycles. The van der Waals surface area contributed by atoms with Crippen LogP contribution in [0.2, 0.25) is 0 Å². The van der Waals surface area contributed by atoms with Gasteiger partial charge in [0, 0.05) is 31.3 Å². The van der Waals surface area contributed by atoms with Crippen molar-refractivity contribution in [1.29, 1.82) is 5.26 Å². The van der Waals surface area contributed by atoms with E-state index in [-0.39, 0.29) is 5.91 Å². The molecule has 84 valence electrons. The topological polar surface area (TPSA) is 91.8 Å². The van der Waals surface area contributed by atoms with Gasteiger partial charge in [0.25, 0.3) is 5.91 Å². The molecule has 3 N–H and O–H groups in total. The average Bonchev–Trinajstić information content (AvgIpc) is 2.34. The van der Waals surface area contributed by atoms with Crippen LogP contribution < -0.4 is 11.1 Å². The van der Waals surface area contributed by atoms with Crippen LogP contribution in [0, 0.1) is 11.3 Å². The maximum absolute atomic E-state index is 11.6. The fraction of sp³-hybridized carbons (Fsp3) is 0.364. The highest BCUT2D eigenvalue weighted by Crippen LogP contribution is 2.01. The molecule has 0 aliphatic rings. The molecule has 0 aromatic carbocycles. The molecule has 0 radical (unpaired) electrons. The number of carbonyl (C=O) groups excluding carboxylic acids is 1. The summed E-state index contributed by atoms with van der Waals surface area (Å²) in [5.41, 5.74) is 6.66. The van der Waals surface area contributed by atoms with Gasteiger partial charge in [-0.2, -0.15) is 5.26 Å². The van der Waals surface area contributed by atoms with Gasteiger partial charge >= 0.3 is 0 Å². The van der Waals surface area contributed by atoms with Gasteiger partial charge in [0.2, 0.25) is 0 Å². The van der Waals surface area contributed by atoms with Crippen LogP contribution in [0.3, 0.4) is 0 Å². The van der Waals surface area contributed by atoms with E-state index in [0.29, 0.717) is 37.2 Å². The van der Waals surface area contributed by atoms with E-state index < -0.39 is 0 Å². The fourth-order valence-corrected chi connectivity index (χ4v) is 1.20. The largest absolute Gasteiger partial charge is 0.352 e. The SMILES string of the molecule is N#CCCCNC(=O)c1ccnc(CN)c1. The normalized spacial score (nSPS) is 9.50. The molecule has 5 nitrogen and oxygen atoms in total. The second kappa shape index (κ2) is 6.53. The summed E-state index contributed by atoms with van der Waals surface area (Å²) in [6.07, 6.45) is 2.67. The van der Waals surface area contributed by atoms with Gasteiger partial charge in [-0.15, -0.1) is 0 Å². The minimum atomic E-state index is -0.157. The van der Waals surface area contributed by atoms with Crippen LogP contribution in [0.25, 0.3) is 0 Å². The standard InChI is InChI=1S/C11H14N4O/c12-4-1-2-5-15-11(16)9-3-6-14-10(7-9)8-13/h3,6-7H,1-2,5,8,13H2,(H,15,16). The van der Waals surface area contributed by atoms with E-state index in [0.717, 1.165) is 0 Å². The fourth-order valence-electron chi connectivity index (χ4n) is 1.20. The van der Waals surface area contributed by atoms with Gasteiger partial charge in [0.1, 0.15) is 0 Å². The molecule has 0 fully saturated rings. The second-order valence-electron chi connectivity index (χ2n) is 3.26. The zero-order valence-corrected chi connectivity index (χ0v) is 8.94. The Bertz CT molecular complexity index is 397. The summed E-state index contributed by atoms with van der Waals surface area (Å²) < 4.78 is 0. The molecule has 16 heavy (non-hydrogen) atoms. The van der Waals surface area contributed by atoms with Gasteiger partial charge in [0.05, 0.1) is 11.8 Å². The third kappa shape index (κ3) is 3.67. The summed E-state index contributed by atoms with van der Waals surface area (Å²) in [7, 11) is 0. The highest BCUT2D eigenvalue weighted by Gasteiger charge is 2.05. The number of nitrogens with two attached hydrogens (primary N) is 1. The lowest BCUT2D eigenvalue weighted by Crippen LogP contribution is -2.24. The number of rotatable bonds is 5. The highest BCUT2D eigenvalue weighted by molar-refractivity contribution is 5.94. The zero-order chi connectivity index (χ0) is 11.8. The number of nitrogens with zero attached hydrogens (tertiary/aromatic N) is 2. The number of amides is 1. The van der Waals surface area contributed by atoms with E-state index >= 15 is 0 Å². The maximum Gasteiger partial charge on any atom is 0.251 e. The number of hydrogen-bond donors (Lipinski definition) is 2. The third-order valence-electron chi connectivity index (χ3n) is 2.04. The molecular formula is C11H14N4O. The predicted octanol–water partition coefficient (Wildman–Crippen LogP) is 0.574. The number of nitriles is 1. The van der Waals surface area contributed by atoms with E-state index in [1.54, 1.807) is 18.3 Å². The lowest BCUT2D eigenvalue weighted by molar-refractivity contribution is 0.0953. The van der Waals surface area contributed by atoms with Crippen molar-refractivity contribution in [2.45, 2.75) is 19.4 Å². The number of nitrogens with one attached hydrogen (secondary N) is 1. The summed E-state index contributed by atoms with van der Waals surface area (Å²) in [6, 6.07) is 5.33. The predicted molar refractivity (Wildman–Crippen MR) is 59.3 cm³/mol. The molecule has 0 unspecified atom stereocenters. The van der Waals surface area contributed by atoms with Gasteiger partial charge in [-0.3, -0.25) is 9.78 Å². The van der Waals surface area contributed by atoms with Crippen molar-refractivity contribution in [3.63, 3.8) is 0 Å². The molecule has 1 aromatic rings. The van der Waals surface area contributed by atoms with Crippen molar-refractivity contribution in [2.75, 3.05) is 6.54 Å². The Morgan fingerprint density at radius 1 is 1.62 bits per heavy atom. The minimum absolute atomic E-state index is 0.157. The van der Waals surface area contributed by atoms with Gasteiger partial charge in [0.15, 0.2) is 0 Å². The Morgan fingerprint density at radius 3 is 3.12 bits per heavy atom. The smallest absolute Gasteiger partial charge is 0.251 e. The summed E-state index contributed by atoms with van der Waals surface area (Å²) in [5, 5.41) is 11.1. The van der Waals surface area contributed by atoms with Crippen LogP contribution in [0.5, 0.6) is 0 Å². The van der Waals surface area contributed by atoms with Crippen LogP contribution in [0.1, 0.15) is 28.9 Å². The molecule has 0 saturated carbocycles. The molecule has 1 heterocycles.